The minimum absolute atomic E-state index is 0.104. The summed E-state index contributed by atoms with van der Waals surface area (Å²) in [5.41, 5.74) is 1.37. The Labute approximate surface area is 178 Å². The van der Waals surface area contributed by atoms with Gasteiger partial charge in [-0.1, -0.05) is 0 Å². The Morgan fingerprint density at radius 1 is 1.28 bits per heavy atom. The SMILES string of the molecule is Cc1cc(CNC2=NS(=O)N=C2Nc2ccc(Br)c(C(=O)N(C)C)c2O)oc1C. The maximum Gasteiger partial charge on any atom is 0.269 e. The summed E-state index contributed by atoms with van der Waals surface area (Å²) in [4.78, 5) is 13.7. The van der Waals surface area contributed by atoms with E-state index < -0.39 is 11.2 Å². The monoisotopic (exact) mass is 481 g/mol. The number of aromatic hydroxyl groups is 1. The molecular weight excluding hydrogens is 462 g/mol. The molecule has 0 bridgehead atoms. The first kappa shape index (κ1) is 21.1. The molecule has 2 aromatic rings. The van der Waals surface area contributed by atoms with Gasteiger partial charge in [-0.25, -0.2) is 4.21 Å². The number of hydrogen-bond donors (Lipinski definition) is 3. The van der Waals surface area contributed by atoms with Crippen LogP contribution in [-0.4, -0.2) is 45.9 Å². The van der Waals surface area contributed by atoms with Crippen molar-refractivity contribution in [3.05, 3.63) is 45.3 Å². The van der Waals surface area contributed by atoms with Crippen molar-refractivity contribution in [3.63, 3.8) is 0 Å². The smallest absolute Gasteiger partial charge is 0.269 e. The van der Waals surface area contributed by atoms with Crippen LogP contribution in [0.15, 0.2) is 35.9 Å². The fraction of sp³-hybridized carbons (Fsp3) is 0.278. The van der Waals surface area contributed by atoms with Crippen molar-refractivity contribution in [2.45, 2.75) is 20.4 Å². The van der Waals surface area contributed by atoms with E-state index in [1.165, 1.54) is 4.90 Å². The van der Waals surface area contributed by atoms with Gasteiger partial charge in [0, 0.05) is 18.6 Å². The van der Waals surface area contributed by atoms with Gasteiger partial charge in [0.1, 0.15) is 11.5 Å². The Morgan fingerprint density at radius 2 is 1.97 bits per heavy atom. The van der Waals surface area contributed by atoms with Crippen LogP contribution in [0.1, 0.15) is 27.4 Å². The lowest BCUT2D eigenvalue weighted by Crippen LogP contribution is -2.33. The molecule has 1 unspecified atom stereocenters. The van der Waals surface area contributed by atoms with E-state index in [1.807, 2.05) is 19.9 Å². The van der Waals surface area contributed by atoms with Gasteiger partial charge in [0.15, 0.2) is 17.4 Å². The summed E-state index contributed by atoms with van der Waals surface area (Å²) >= 11 is 1.49. The van der Waals surface area contributed by atoms with Crippen LogP contribution >= 0.6 is 15.9 Å². The normalized spacial score (nSPS) is 15.7. The molecule has 11 heteroatoms. The summed E-state index contributed by atoms with van der Waals surface area (Å²) in [5, 5.41) is 16.5. The van der Waals surface area contributed by atoms with Crippen LogP contribution in [0, 0.1) is 13.8 Å². The highest BCUT2D eigenvalue weighted by atomic mass is 79.9. The molecule has 1 atom stereocenters. The van der Waals surface area contributed by atoms with Crippen LogP contribution in [-0.2, 0) is 17.7 Å². The molecule has 2 heterocycles. The van der Waals surface area contributed by atoms with E-state index in [-0.39, 0.29) is 34.6 Å². The van der Waals surface area contributed by atoms with Gasteiger partial charge in [-0.2, -0.15) is 0 Å². The third-order valence-electron chi connectivity index (χ3n) is 4.21. The Hall–Kier alpha value is -2.66. The number of amides is 1. The Balaban J connectivity index is 1.81. The number of aryl methyl sites for hydroxylation is 2. The van der Waals surface area contributed by atoms with Crippen molar-refractivity contribution in [1.82, 2.24) is 10.2 Å². The van der Waals surface area contributed by atoms with Crippen molar-refractivity contribution in [2.24, 2.45) is 8.80 Å². The van der Waals surface area contributed by atoms with E-state index in [4.69, 9.17) is 4.42 Å². The van der Waals surface area contributed by atoms with Crippen LogP contribution in [0.25, 0.3) is 0 Å². The number of carbonyl (C=O) groups is 1. The number of benzene rings is 1. The van der Waals surface area contributed by atoms with Crippen LogP contribution in [0.5, 0.6) is 5.75 Å². The zero-order valence-corrected chi connectivity index (χ0v) is 18.6. The number of hydrogen-bond acceptors (Lipinski definition) is 6. The number of rotatable bonds is 4. The Morgan fingerprint density at radius 3 is 2.59 bits per heavy atom. The first-order valence-corrected chi connectivity index (χ1v) is 10.4. The average molecular weight is 482 g/mol. The zero-order valence-electron chi connectivity index (χ0n) is 16.2. The Kier molecular flexibility index (Phi) is 6.08. The molecule has 0 saturated carbocycles. The number of carbonyl (C=O) groups excluding carboxylic acids is 1. The second-order valence-corrected chi connectivity index (χ2v) is 8.24. The van der Waals surface area contributed by atoms with Gasteiger partial charge in [-0.05, 0) is 53.5 Å². The fourth-order valence-corrected chi connectivity index (χ4v) is 3.72. The van der Waals surface area contributed by atoms with Crippen LogP contribution < -0.4 is 10.6 Å². The molecule has 3 rings (SSSR count). The highest BCUT2D eigenvalue weighted by molar-refractivity contribution is 9.10. The van der Waals surface area contributed by atoms with E-state index in [0.717, 1.165) is 11.3 Å². The third kappa shape index (κ3) is 4.51. The van der Waals surface area contributed by atoms with E-state index in [9.17, 15) is 14.1 Å². The molecular formula is C18H20BrN5O4S. The van der Waals surface area contributed by atoms with Crippen molar-refractivity contribution in [2.75, 3.05) is 19.4 Å². The van der Waals surface area contributed by atoms with Crippen molar-refractivity contribution in [3.8, 4) is 5.75 Å². The molecule has 0 saturated heterocycles. The zero-order chi connectivity index (χ0) is 21.3. The molecule has 0 fully saturated rings. The maximum atomic E-state index is 12.4. The van der Waals surface area contributed by atoms with Gasteiger partial charge in [0.2, 0.25) is 0 Å². The standard InChI is InChI=1S/C18H20BrN5O4S/c1-9-7-11(28-10(9)2)8-20-16-17(23-29(27)22-16)21-13-6-5-12(19)14(15(13)25)18(26)24(3)4/h5-7,25H,8H2,1-4H3,(H,20,22)(H,21,23). The summed E-state index contributed by atoms with van der Waals surface area (Å²) in [6.07, 6.45) is 0. The molecule has 1 aromatic heterocycles. The predicted molar refractivity (Wildman–Crippen MR) is 115 cm³/mol. The molecule has 0 radical (unpaired) electrons. The van der Waals surface area contributed by atoms with E-state index >= 15 is 0 Å². The summed E-state index contributed by atoms with van der Waals surface area (Å²) in [7, 11) is 3.18. The van der Waals surface area contributed by atoms with E-state index in [0.29, 0.717) is 16.8 Å². The topological polar surface area (TPSA) is 120 Å². The molecule has 0 aliphatic carbocycles. The highest BCUT2D eigenvalue weighted by Gasteiger charge is 2.24. The molecule has 0 spiro atoms. The second kappa shape index (κ2) is 8.37. The predicted octanol–water partition coefficient (Wildman–Crippen LogP) is 2.66. The second-order valence-electron chi connectivity index (χ2n) is 6.56. The molecule has 1 aromatic carbocycles. The third-order valence-corrected chi connectivity index (χ3v) is 5.55. The van der Waals surface area contributed by atoms with Gasteiger partial charge in [0.05, 0.1) is 17.8 Å². The molecule has 1 aliphatic heterocycles. The molecule has 1 aliphatic rings. The number of amidine groups is 2. The summed E-state index contributed by atoms with van der Waals surface area (Å²) in [5.74, 6) is 1.34. The highest BCUT2D eigenvalue weighted by Crippen LogP contribution is 2.34. The number of halogens is 1. The molecule has 3 N–H and O–H groups in total. The van der Waals surface area contributed by atoms with Gasteiger partial charge in [-0.3, -0.25) is 4.79 Å². The number of nitrogens with one attached hydrogen (secondary N) is 2. The summed E-state index contributed by atoms with van der Waals surface area (Å²) < 4.78 is 25.8. The first-order valence-electron chi connectivity index (χ1n) is 8.57. The van der Waals surface area contributed by atoms with Crippen molar-refractivity contribution in [1.29, 1.82) is 0 Å². The summed E-state index contributed by atoms with van der Waals surface area (Å²) in [6.45, 7) is 4.14. The van der Waals surface area contributed by atoms with Gasteiger partial charge >= 0.3 is 0 Å². The van der Waals surface area contributed by atoms with Crippen LogP contribution in [0.4, 0.5) is 5.69 Å². The lowest BCUT2D eigenvalue weighted by Gasteiger charge is -2.16. The fourth-order valence-electron chi connectivity index (χ4n) is 2.59. The Bertz CT molecular complexity index is 1040. The van der Waals surface area contributed by atoms with Crippen molar-refractivity contribution < 1.29 is 18.5 Å². The van der Waals surface area contributed by atoms with Gasteiger partial charge in [-0.15, -0.1) is 8.80 Å². The van der Waals surface area contributed by atoms with E-state index in [2.05, 4.69) is 35.4 Å². The number of phenolic OH excluding ortho intramolecular Hbond substituents is 1. The average Bonchev–Trinajstić information content (AvgIpc) is 3.16. The lowest BCUT2D eigenvalue weighted by molar-refractivity contribution is 0.0824. The lowest BCUT2D eigenvalue weighted by atomic mass is 10.1. The number of anilines is 1. The van der Waals surface area contributed by atoms with Crippen LogP contribution in [0.3, 0.4) is 0 Å². The molecule has 9 nitrogen and oxygen atoms in total. The minimum Gasteiger partial charge on any atom is -0.505 e. The molecule has 29 heavy (non-hydrogen) atoms. The van der Waals surface area contributed by atoms with Gasteiger partial charge in [0.25, 0.3) is 17.1 Å². The van der Waals surface area contributed by atoms with Crippen molar-refractivity contribution >= 4 is 50.4 Å². The van der Waals surface area contributed by atoms with Gasteiger partial charge < -0.3 is 25.1 Å². The minimum atomic E-state index is -1.79. The number of nitrogens with zero attached hydrogens (tertiary/aromatic N) is 3. The maximum absolute atomic E-state index is 12.4. The number of furan rings is 1. The number of phenols is 1. The molecule has 1 amide bonds. The largest absolute Gasteiger partial charge is 0.505 e. The first-order chi connectivity index (χ1) is 13.7. The van der Waals surface area contributed by atoms with E-state index in [1.54, 1.807) is 26.2 Å². The quantitative estimate of drug-likeness (QED) is 0.577. The van der Waals surface area contributed by atoms with Crippen LogP contribution in [0.2, 0.25) is 0 Å². The molecule has 154 valence electrons. The summed E-state index contributed by atoms with van der Waals surface area (Å²) in [6, 6.07) is 5.11.